The molecule has 0 aromatic rings. The number of aliphatic hydroxyl groups excluding tert-OH is 1. The number of hydrogen-bond acceptors (Lipinski definition) is 3. The Morgan fingerprint density at radius 2 is 2.30 bits per heavy atom. The third-order valence-electron chi connectivity index (χ3n) is 2.47. The maximum atomic E-state index is 9.37. The number of aliphatic hydroxyl groups is 1. The van der Waals surface area contributed by atoms with Gasteiger partial charge in [0.05, 0.1) is 18.8 Å². The zero-order valence-corrected chi connectivity index (χ0v) is 6.16. The van der Waals surface area contributed by atoms with Gasteiger partial charge >= 0.3 is 0 Å². The lowest BCUT2D eigenvalue weighted by Crippen LogP contribution is -2.23. The van der Waals surface area contributed by atoms with Crippen LogP contribution in [-0.2, 0) is 4.74 Å². The van der Waals surface area contributed by atoms with Crippen molar-refractivity contribution in [2.24, 2.45) is 5.92 Å². The molecule has 2 saturated heterocycles. The van der Waals surface area contributed by atoms with Gasteiger partial charge in [0.2, 0.25) is 0 Å². The van der Waals surface area contributed by atoms with Gasteiger partial charge in [-0.15, -0.1) is 0 Å². The molecule has 2 rings (SSSR count). The highest BCUT2D eigenvalue weighted by atomic mass is 16.5. The van der Waals surface area contributed by atoms with Gasteiger partial charge < -0.3 is 14.7 Å². The van der Waals surface area contributed by atoms with Crippen LogP contribution in [0.3, 0.4) is 0 Å². The van der Waals surface area contributed by atoms with Crippen molar-refractivity contribution in [1.29, 1.82) is 0 Å². The predicted molar refractivity (Wildman–Crippen MR) is 36.7 cm³/mol. The molecule has 0 saturated carbocycles. The Labute approximate surface area is 60.6 Å². The van der Waals surface area contributed by atoms with Gasteiger partial charge in [0.1, 0.15) is 0 Å². The third-order valence-corrected chi connectivity index (χ3v) is 2.47. The largest absolute Gasteiger partial charge is 0.390 e. The Bertz CT molecular complexity index is 140. The van der Waals surface area contributed by atoms with Crippen molar-refractivity contribution < 1.29 is 9.84 Å². The maximum absolute atomic E-state index is 9.37. The number of likely N-dealkylation sites (N-methyl/N-ethyl adjacent to an activating group) is 1. The van der Waals surface area contributed by atoms with E-state index in [1.165, 1.54) is 0 Å². The fourth-order valence-corrected chi connectivity index (χ4v) is 1.89. The van der Waals surface area contributed by atoms with Crippen molar-refractivity contribution >= 4 is 0 Å². The summed E-state index contributed by atoms with van der Waals surface area (Å²) in [5.74, 6) is 0.380. The lowest BCUT2D eigenvalue weighted by atomic mass is 10.0. The summed E-state index contributed by atoms with van der Waals surface area (Å²) in [6.07, 6.45) is 0.0925. The first-order valence-corrected chi connectivity index (χ1v) is 3.75. The van der Waals surface area contributed by atoms with E-state index in [2.05, 4.69) is 11.9 Å². The smallest absolute Gasteiger partial charge is 0.0839 e. The molecule has 0 aromatic carbocycles. The molecule has 58 valence electrons. The quantitative estimate of drug-likeness (QED) is 0.487. The summed E-state index contributed by atoms with van der Waals surface area (Å²) >= 11 is 0. The molecule has 2 fully saturated rings. The topological polar surface area (TPSA) is 32.7 Å². The van der Waals surface area contributed by atoms with Crippen LogP contribution in [0.4, 0.5) is 0 Å². The molecule has 1 unspecified atom stereocenters. The van der Waals surface area contributed by atoms with Crippen LogP contribution in [-0.4, -0.2) is 49.0 Å². The van der Waals surface area contributed by atoms with E-state index in [4.69, 9.17) is 4.74 Å². The summed E-state index contributed by atoms with van der Waals surface area (Å²) < 4.78 is 5.37. The first-order chi connectivity index (χ1) is 4.77. The molecule has 0 spiro atoms. The van der Waals surface area contributed by atoms with Crippen LogP contribution in [0.2, 0.25) is 0 Å². The van der Waals surface area contributed by atoms with E-state index in [9.17, 15) is 5.11 Å². The first-order valence-electron chi connectivity index (χ1n) is 3.75. The normalized spacial score (nSPS) is 48.0. The fraction of sp³-hybridized carbons (Fsp3) is 1.00. The van der Waals surface area contributed by atoms with Crippen LogP contribution in [0, 0.1) is 5.92 Å². The van der Waals surface area contributed by atoms with Gasteiger partial charge in [-0.1, -0.05) is 0 Å². The summed E-state index contributed by atoms with van der Waals surface area (Å²) in [6.45, 7) is 2.52. The molecule has 0 bridgehead atoms. The molecule has 2 aliphatic rings. The molecule has 10 heavy (non-hydrogen) atoms. The van der Waals surface area contributed by atoms with Crippen molar-refractivity contribution in [3.05, 3.63) is 0 Å². The van der Waals surface area contributed by atoms with Crippen LogP contribution in [0.1, 0.15) is 0 Å². The minimum atomic E-state index is -0.213. The SMILES string of the molecule is CN1C[C@@H]2C(O)CO[C@@H]2C1. The Morgan fingerprint density at radius 1 is 1.50 bits per heavy atom. The minimum Gasteiger partial charge on any atom is -0.390 e. The van der Waals surface area contributed by atoms with Crippen molar-refractivity contribution in [3.8, 4) is 0 Å². The molecule has 1 N–H and O–H groups in total. The number of nitrogens with zero attached hydrogens (tertiary/aromatic N) is 1. The Balaban J connectivity index is 2.05. The van der Waals surface area contributed by atoms with Gasteiger partial charge in [-0.25, -0.2) is 0 Å². The van der Waals surface area contributed by atoms with Gasteiger partial charge in [0, 0.05) is 19.0 Å². The van der Waals surface area contributed by atoms with E-state index < -0.39 is 0 Å². The molecule has 3 atom stereocenters. The van der Waals surface area contributed by atoms with Gasteiger partial charge in [0.15, 0.2) is 0 Å². The second-order valence-electron chi connectivity index (χ2n) is 3.32. The number of rotatable bonds is 0. The van der Waals surface area contributed by atoms with Crippen molar-refractivity contribution in [2.45, 2.75) is 12.2 Å². The molecular formula is C7H13NO2. The third kappa shape index (κ3) is 0.856. The van der Waals surface area contributed by atoms with E-state index in [1.54, 1.807) is 0 Å². The second kappa shape index (κ2) is 2.19. The zero-order chi connectivity index (χ0) is 7.14. The average molecular weight is 143 g/mol. The highest BCUT2D eigenvalue weighted by molar-refractivity contribution is 4.92. The van der Waals surface area contributed by atoms with Crippen molar-refractivity contribution in [3.63, 3.8) is 0 Å². The highest BCUT2D eigenvalue weighted by Crippen LogP contribution is 2.27. The van der Waals surface area contributed by atoms with E-state index in [0.717, 1.165) is 13.1 Å². The van der Waals surface area contributed by atoms with Gasteiger partial charge in [-0.2, -0.15) is 0 Å². The summed E-state index contributed by atoms with van der Waals surface area (Å²) in [5, 5.41) is 9.37. The van der Waals surface area contributed by atoms with Crippen LogP contribution in [0.25, 0.3) is 0 Å². The summed E-state index contributed by atoms with van der Waals surface area (Å²) in [6, 6.07) is 0. The van der Waals surface area contributed by atoms with Crippen LogP contribution in [0.15, 0.2) is 0 Å². The molecule has 3 heteroatoms. The number of fused-ring (bicyclic) bond motifs is 1. The number of ether oxygens (including phenoxy) is 1. The molecule has 2 aliphatic heterocycles. The summed E-state index contributed by atoms with van der Waals surface area (Å²) in [4.78, 5) is 2.21. The Hall–Kier alpha value is -0.120. The first kappa shape index (κ1) is 6.58. The minimum absolute atomic E-state index is 0.213. The van der Waals surface area contributed by atoms with Crippen molar-refractivity contribution in [2.75, 3.05) is 26.7 Å². The predicted octanol–water partition coefficient (Wildman–Crippen LogP) is -0.692. The van der Waals surface area contributed by atoms with E-state index in [-0.39, 0.29) is 6.10 Å². The number of likely N-dealkylation sites (tertiary alicyclic amines) is 1. The molecule has 2 heterocycles. The van der Waals surface area contributed by atoms with Gasteiger partial charge in [-0.3, -0.25) is 0 Å². The molecule has 0 aliphatic carbocycles. The molecule has 0 aromatic heterocycles. The monoisotopic (exact) mass is 143 g/mol. The fourth-order valence-electron chi connectivity index (χ4n) is 1.89. The highest BCUT2D eigenvalue weighted by Gasteiger charge is 2.41. The Kier molecular flexibility index (Phi) is 1.44. The second-order valence-corrected chi connectivity index (χ2v) is 3.32. The van der Waals surface area contributed by atoms with Crippen molar-refractivity contribution in [1.82, 2.24) is 4.90 Å². The molecule has 0 radical (unpaired) electrons. The molecule has 0 amide bonds. The van der Waals surface area contributed by atoms with Crippen LogP contribution < -0.4 is 0 Å². The lowest BCUT2D eigenvalue weighted by molar-refractivity contribution is 0.0777. The number of hydrogen-bond donors (Lipinski definition) is 1. The van der Waals surface area contributed by atoms with Crippen LogP contribution >= 0.6 is 0 Å². The zero-order valence-electron chi connectivity index (χ0n) is 6.16. The van der Waals surface area contributed by atoms with Crippen LogP contribution in [0.5, 0.6) is 0 Å². The lowest BCUT2D eigenvalue weighted by Gasteiger charge is -2.10. The molecular weight excluding hydrogens is 130 g/mol. The summed E-state index contributed by atoms with van der Waals surface area (Å²) in [7, 11) is 2.06. The van der Waals surface area contributed by atoms with E-state index in [0.29, 0.717) is 18.6 Å². The van der Waals surface area contributed by atoms with Gasteiger partial charge in [0.25, 0.3) is 0 Å². The van der Waals surface area contributed by atoms with E-state index in [1.807, 2.05) is 0 Å². The molecule has 3 nitrogen and oxygen atoms in total. The summed E-state index contributed by atoms with van der Waals surface area (Å²) in [5.41, 5.74) is 0. The maximum Gasteiger partial charge on any atom is 0.0839 e. The average Bonchev–Trinajstić information content (AvgIpc) is 2.35. The van der Waals surface area contributed by atoms with E-state index >= 15 is 0 Å². The Morgan fingerprint density at radius 3 is 3.00 bits per heavy atom. The van der Waals surface area contributed by atoms with Gasteiger partial charge in [-0.05, 0) is 7.05 Å². The standard InChI is InChI=1S/C7H13NO2/c1-8-2-5-6(9)4-10-7(5)3-8/h5-7,9H,2-4H2,1H3/t5-,6?,7-/m1/s1.